The second-order valence-electron chi connectivity index (χ2n) is 9.94. The third-order valence-corrected chi connectivity index (χ3v) is 8.15. The number of hydrogen-bond donors (Lipinski definition) is 1. The van der Waals surface area contributed by atoms with Gasteiger partial charge < -0.3 is 10.2 Å². The van der Waals surface area contributed by atoms with Crippen LogP contribution in [0.5, 0.6) is 0 Å². The Morgan fingerprint density at radius 3 is 2.38 bits per heavy atom. The van der Waals surface area contributed by atoms with Crippen LogP contribution in [0.2, 0.25) is 0 Å². The first-order chi connectivity index (χ1) is 17.6. The summed E-state index contributed by atoms with van der Waals surface area (Å²) in [6.45, 7) is 3.48. The van der Waals surface area contributed by atoms with Crippen molar-refractivity contribution in [1.82, 2.24) is 10.2 Å². The van der Waals surface area contributed by atoms with E-state index in [0.717, 1.165) is 58.1 Å². The molecule has 0 saturated heterocycles. The Hall–Kier alpha value is -3.39. The van der Waals surface area contributed by atoms with Crippen molar-refractivity contribution in [2.75, 3.05) is 17.1 Å². The molecule has 1 N–H and O–H groups in total. The zero-order valence-corrected chi connectivity index (χ0v) is 22.5. The lowest BCUT2D eigenvalue weighted by Gasteiger charge is -2.32. The Kier molecular flexibility index (Phi) is 8.17. The van der Waals surface area contributed by atoms with Gasteiger partial charge >= 0.3 is 0 Å². The summed E-state index contributed by atoms with van der Waals surface area (Å²) in [6, 6.07) is 20.0. The number of fused-ring (bicyclic) bond motifs is 1. The highest BCUT2D eigenvalue weighted by atomic mass is 32.2. The number of carbonyl (C=O) groups excluding carboxylic acids is 2. The zero-order chi connectivity index (χ0) is 26.6. The van der Waals surface area contributed by atoms with Crippen molar-refractivity contribution >= 4 is 38.3 Å². The summed E-state index contributed by atoms with van der Waals surface area (Å²) in [4.78, 5) is 28.5. The Bertz CT molecular complexity index is 1380. The molecule has 2 amide bonds. The van der Waals surface area contributed by atoms with Crippen molar-refractivity contribution in [2.24, 2.45) is 0 Å². The van der Waals surface area contributed by atoms with Crippen LogP contribution in [0.25, 0.3) is 10.8 Å². The van der Waals surface area contributed by atoms with Crippen LogP contribution >= 0.6 is 0 Å². The van der Waals surface area contributed by atoms with Crippen LogP contribution in [-0.4, -0.2) is 50.0 Å². The monoisotopic (exact) mass is 521 g/mol. The Labute approximate surface area is 219 Å². The van der Waals surface area contributed by atoms with Crippen LogP contribution < -0.4 is 9.62 Å². The molecule has 8 heteroatoms. The van der Waals surface area contributed by atoms with Crippen molar-refractivity contribution in [3.8, 4) is 0 Å². The van der Waals surface area contributed by atoms with Crippen LogP contribution in [0.3, 0.4) is 0 Å². The highest BCUT2D eigenvalue weighted by molar-refractivity contribution is 7.92. The lowest BCUT2D eigenvalue weighted by molar-refractivity contribution is -0.139. The maximum absolute atomic E-state index is 13.8. The van der Waals surface area contributed by atoms with Gasteiger partial charge in [0.25, 0.3) is 0 Å². The average molecular weight is 522 g/mol. The fraction of sp³-hybridized carbons (Fsp3) is 0.379. The van der Waals surface area contributed by atoms with E-state index in [1.807, 2.05) is 61.5 Å². The van der Waals surface area contributed by atoms with Crippen LogP contribution in [0.15, 0.2) is 66.7 Å². The van der Waals surface area contributed by atoms with E-state index in [0.29, 0.717) is 5.69 Å². The molecule has 0 heterocycles. The lowest BCUT2D eigenvalue weighted by atomic mass is 10.1. The van der Waals surface area contributed by atoms with Crippen molar-refractivity contribution < 1.29 is 18.0 Å². The molecule has 3 aromatic rings. The Morgan fingerprint density at radius 2 is 1.68 bits per heavy atom. The largest absolute Gasteiger partial charge is 0.352 e. The van der Waals surface area contributed by atoms with Crippen molar-refractivity contribution in [3.63, 3.8) is 0 Å². The molecule has 0 bridgehead atoms. The van der Waals surface area contributed by atoms with E-state index in [1.165, 1.54) is 4.90 Å². The van der Waals surface area contributed by atoms with Gasteiger partial charge in [0.05, 0.1) is 11.9 Å². The molecule has 4 rings (SSSR count). The number of amides is 2. The Balaban J connectivity index is 1.66. The molecule has 0 radical (unpaired) electrons. The predicted octanol–water partition coefficient (Wildman–Crippen LogP) is 4.39. The molecule has 0 spiro atoms. The number of carbonyl (C=O) groups is 2. The van der Waals surface area contributed by atoms with E-state index in [9.17, 15) is 18.0 Å². The van der Waals surface area contributed by atoms with Gasteiger partial charge in [0.15, 0.2) is 0 Å². The number of rotatable bonds is 9. The van der Waals surface area contributed by atoms with Crippen LogP contribution in [0.1, 0.15) is 43.7 Å². The van der Waals surface area contributed by atoms with E-state index in [4.69, 9.17) is 0 Å². The van der Waals surface area contributed by atoms with Gasteiger partial charge in [-0.15, -0.1) is 0 Å². The van der Waals surface area contributed by atoms with E-state index in [-0.39, 0.29) is 18.5 Å². The van der Waals surface area contributed by atoms with Gasteiger partial charge in [0.1, 0.15) is 12.6 Å². The van der Waals surface area contributed by atoms with Gasteiger partial charge in [0, 0.05) is 18.0 Å². The fourth-order valence-electron chi connectivity index (χ4n) is 5.00. The molecule has 7 nitrogen and oxygen atoms in total. The molecule has 1 saturated carbocycles. The topological polar surface area (TPSA) is 86.8 Å². The highest BCUT2D eigenvalue weighted by Gasteiger charge is 2.31. The molecular weight excluding hydrogens is 486 g/mol. The number of nitrogens with zero attached hydrogens (tertiary/aromatic N) is 2. The quantitative estimate of drug-likeness (QED) is 0.453. The maximum atomic E-state index is 13.8. The number of aryl methyl sites for hydroxylation is 1. The first-order valence-corrected chi connectivity index (χ1v) is 14.6. The van der Waals surface area contributed by atoms with Gasteiger partial charge in [-0.05, 0) is 43.7 Å². The predicted molar refractivity (Wildman–Crippen MR) is 148 cm³/mol. The van der Waals surface area contributed by atoms with E-state index in [1.54, 1.807) is 19.1 Å². The zero-order valence-electron chi connectivity index (χ0n) is 21.7. The van der Waals surface area contributed by atoms with Crippen molar-refractivity contribution in [2.45, 2.75) is 58.2 Å². The van der Waals surface area contributed by atoms with E-state index in [2.05, 4.69) is 5.32 Å². The van der Waals surface area contributed by atoms with Crippen molar-refractivity contribution in [1.29, 1.82) is 0 Å². The minimum atomic E-state index is -3.80. The smallest absolute Gasteiger partial charge is 0.244 e. The summed E-state index contributed by atoms with van der Waals surface area (Å²) < 4.78 is 27.0. The molecule has 3 aromatic carbocycles. The first-order valence-electron chi connectivity index (χ1n) is 12.7. The minimum absolute atomic E-state index is 0.120. The molecule has 0 aliphatic heterocycles. The number of sulfonamides is 1. The molecule has 1 aliphatic carbocycles. The summed E-state index contributed by atoms with van der Waals surface area (Å²) in [6.07, 6.45) is 5.14. The highest BCUT2D eigenvalue weighted by Crippen LogP contribution is 2.29. The molecule has 37 heavy (non-hydrogen) atoms. The summed E-state index contributed by atoms with van der Waals surface area (Å²) in [5.74, 6) is -0.655. The number of nitrogens with one attached hydrogen (secondary N) is 1. The van der Waals surface area contributed by atoms with E-state index < -0.39 is 28.5 Å². The second kappa shape index (κ2) is 11.3. The van der Waals surface area contributed by atoms with Crippen LogP contribution in [0.4, 0.5) is 5.69 Å². The van der Waals surface area contributed by atoms with Gasteiger partial charge in [-0.2, -0.15) is 0 Å². The fourth-order valence-corrected chi connectivity index (χ4v) is 5.86. The number of anilines is 1. The Morgan fingerprint density at radius 1 is 1.00 bits per heavy atom. The molecular formula is C29H35N3O4S. The normalized spacial score (nSPS) is 14.9. The third kappa shape index (κ3) is 6.49. The third-order valence-electron chi connectivity index (χ3n) is 7.02. The number of benzene rings is 3. The number of hydrogen-bond acceptors (Lipinski definition) is 4. The van der Waals surface area contributed by atoms with Gasteiger partial charge in [-0.25, -0.2) is 8.42 Å². The molecule has 1 unspecified atom stereocenters. The summed E-state index contributed by atoms with van der Waals surface area (Å²) in [5, 5.41) is 4.70. The summed E-state index contributed by atoms with van der Waals surface area (Å²) >= 11 is 0. The minimum Gasteiger partial charge on any atom is -0.352 e. The van der Waals surface area contributed by atoms with Crippen LogP contribution in [-0.2, 0) is 26.2 Å². The van der Waals surface area contributed by atoms with Crippen molar-refractivity contribution in [3.05, 3.63) is 77.9 Å². The first kappa shape index (κ1) is 26.7. The molecule has 0 aromatic heterocycles. The van der Waals surface area contributed by atoms with Gasteiger partial charge in [-0.1, -0.05) is 79.1 Å². The molecule has 1 fully saturated rings. The second-order valence-corrected chi connectivity index (χ2v) is 11.9. The molecule has 196 valence electrons. The molecule has 1 atom stereocenters. The standard InChI is InChI=1S/C29H35N3O4S/c1-21-10-8-11-23(18-21)19-31(22(2)29(34)30-25-14-5-6-15-25)28(33)20-32(37(3,35)36)27-17-9-13-24-12-4-7-16-26(24)27/h4,7-13,16-18,22,25H,5-6,14-15,19-20H2,1-3H3,(H,30,34). The molecule has 1 aliphatic rings. The maximum Gasteiger partial charge on any atom is 0.244 e. The summed E-state index contributed by atoms with van der Waals surface area (Å²) in [5.41, 5.74) is 2.36. The van der Waals surface area contributed by atoms with Gasteiger partial charge in [-0.3, -0.25) is 13.9 Å². The average Bonchev–Trinajstić information content (AvgIpc) is 3.37. The SMILES string of the molecule is Cc1cccc(CN(C(=O)CN(c2cccc3ccccc23)S(C)(=O)=O)C(C)C(=O)NC2CCCC2)c1. The van der Waals surface area contributed by atoms with Crippen LogP contribution in [0, 0.1) is 6.92 Å². The van der Waals surface area contributed by atoms with E-state index >= 15 is 0 Å². The lowest BCUT2D eigenvalue weighted by Crippen LogP contribution is -2.52. The van der Waals surface area contributed by atoms with Gasteiger partial charge in [0.2, 0.25) is 21.8 Å². The summed E-state index contributed by atoms with van der Waals surface area (Å²) in [7, 11) is -3.80.